The van der Waals surface area contributed by atoms with E-state index >= 15 is 0 Å². The first-order chi connectivity index (χ1) is 9.69. The molecule has 1 aromatic carbocycles. The molecule has 1 aromatic heterocycles. The second-order valence-corrected chi connectivity index (χ2v) is 4.57. The van der Waals surface area contributed by atoms with Crippen molar-refractivity contribution < 1.29 is 9.13 Å². The molecule has 0 fully saturated rings. The predicted molar refractivity (Wildman–Crippen MR) is 76.2 cm³/mol. The zero-order chi connectivity index (χ0) is 14.4. The Balaban J connectivity index is 2.07. The first-order valence-corrected chi connectivity index (χ1v) is 6.67. The Morgan fingerprint density at radius 1 is 1.45 bits per heavy atom. The highest BCUT2D eigenvalue weighted by molar-refractivity contribution is 6.18. The summed E-state index contributed by atoms with van der Waals surface area (Å²) in [6.45, 7) is 0.267. The number of hydrogen-bond acceptors (Lipinski definition) is 2. The Kier molecular flexibility index (Phi) is 5.03. The Morgan fingerprint density at radius 2 is 2.30 bits per heavy atom. The largest absolute Gasteiger partial charge is 0.486 e. The van der Waals surface area contributed by atoms with E-state index in [-0.39, 0.29) is 12.4 Å². The molecule has 1 heterocycles. The van der Waals surface area contributed by atoms with Gasteiger partial charge in [0.25, 0.3) is 0 Å². The Morgan fingerprint density at radius 3 is 3.00 bits per heavy atom. The lowest BCUT2D eigenvalue weighted by molar-refractivity contribution is 0.290. The Bertz CT molecular complexity index is 643. The second kappa shape index (κ2) is 6.97. The molecule has 0 N–H and O–H groups in total. The van der Waals surface area contributed by atoms with Crippen LogP contribution >= 0.6 is 11.6 Å². The van der Waals surface area contributed by atoms with E-state index < -0.39 is 5.82 Å². The predicted octanol–water partition coefficient (Wildman–Crippen LogP) is 3.12. The number of hydrogen-bond donors (Lipinski definition) is 0. The lowest BCUT2D eigenvalue weighted by Gasteiger charge is -2.06. The number of alkyl halides is 1. The minimum atomic E-state index is -0.406. The summed E-state index contributed by atoms with van der Waals surface area (Å²) in [5, 5.41) is 4.03. The molecule has 0 radical (unpaired) electrons. The summed E-state index contributed by atoms with van der Waals surface area (Å²) >= 11 is 5.55. The van der Waals surface area contributed by atoms with Crippen molar-refractivity contribution in [3.8, 4) is 17.6 Å². The number of rotatable bonds is 4. The van der Waals surface area contributed by atoms with Crippen LogP contribution in [-0.2, 0) is 13.7 Å². The second-order valence-electron chi connectivity index (χ2n) is 4.20. The lowest BCUT2D eigenvalue weighted by Crippen LogP contribution is -1.97. The number of aryl methyl sites for hydroxylation is 1. The normalized spacial score (nSPS) is 9.95. The summed E-state index contributed by atoms with van der Waals surface area (Å²) in [5.74, 6) is 6.09. The van der Waals surface area contributed by atoms with Gasteiger partial charge >= 0.3 is 0 Å². The number of halogens is 2. The van der Waals surface area contributed by atoms with Gasteiger partial charge in [-0.15, -0.1) is 11.6 Å². The molecule has 104 valence electrons. The van der Waals surface area contributed by atoms with Gasteiger partial charge in [-0.25, -0.2) is 4.39 Å². The maximum absolute atomic E-state index is 13.7. The third kappa shape index (κ3) is 4.01. The van der Waals surface area contributed by atoms with Crippen LogP contribution in [0.5, 0.6) is 5.75 Å². The monoisotopic (exact) mass is 292 g/mol. The highest BCUT2D eigenvalue weighted by atomic mass is 35.5. The van der Waals surface area contributed by atoms with E-state index in [1.807, 2.05) is 13.2 Å². The van der Waals surface area contributed by atoms with Crippen LogP contribution in [0.1, 0.15) is 17.5 Å². The summed E-state index contributed by atoms with van der Waals surface area (Å²) in [6, 6.07) is 4.56. The summed E-state index contributed by atoms with van der Waals surface area (Å²) in [7, 11) is 1.82. The third-order valence-electron chi connectivity index (χ3n) is 2.54. The highest BCUT2D eigenvalue weighted by Gasteiger charge is 2.05. The third-order valence-corrected chi connectivity index (χ3v) is 2.73. The van der Waals surface area contributed by atoms with Gasteiger partial charge < -0.3 is 4.74 Å². The number of benzene rings is 1. The van der Waals surface area contributed by atoms with Crippen LogP contribution in [0, 0.1) is 17.7 Å². The average molecular weight is 293 g/mol. The van der Waals surface area contributed by atoms with Crippen LogP contribution in [0.3, 0.4) is 0 Å². The van der Waals surface area contributed by atoms with E-state index in [1.165, 1.54) is 6.07 Å². The fourth-order valence-corrected chi connectivity index (χ4v) is 1.71. The fourth-order valence-electron chi connectivity index (χ4n) is 1.61. The van der Waals surface area contributed by atoms with E-state index in [4.69, 9.17) is 16.3 Å². The van der Waals surface area contributed by atoms with Gasteiger partial charge in [-0.3, -0.25) is 4.68 Å². The van der Waals surface area contributed by atoms with Gasteiger partial charge in [0.1, 0.15) is 6.61 Å². The van der Waals surface area contributed by atoms with Gasteiger partial charge in [-0.2, -0.15) is 5.10 Å². The minimum absolute atomic E-state index is 0.187. The molecule has 0 bridgehead atoms. The maximum Gasteiger partial charge on any atom is 0.165 e. The molecule has 0 spiro atoms. The summed E-state index contributed by atoms with van der Waals surface area (Å²) in [4.78, 5) is 0. The van der Waals surface area contributed by atoms with Crippen LogP contribution in [-0.4, -0.2) is 15.7 Å². The van der Waals surface area contributed by atoms with Gasteiger partial charge in [0.2, 0.25) is 0 Å². The molecule has 0 saturated carbocycles. The number of aromatic nitrogens is 2. The molecule has 2 aromatic rings. The molecular formula is C15H14ClFN2O. The van der Waals surface area contributed by atoms with Crippen LogP contribution in [0.2, 0.25) is 0 Å². The molecule has 0 amide bonds. The van der Waals surface area contributed by atoms with Crippen molar-refractivity contribution in [3.63, 3.8) is 0 Å². The van der Waals surface area contributed by atoms with Crippen molar-refractivity contribution in [2.75, 3.05) is 5.88 Å². The van der Waals surface area contributed by atoms with Gasteiger partial charge in [0.15, 0.2) is 11.6 Å². The van der Waals surface area contributed by atoms with Crippen LogP contribution in [0.4, 0.5) is 4.39 Å². The smallest absolute Gasteiger partial charge is 0.165 e. The maximum atomic E-state index is 13.7. The van der Waals surface area contributed by atoms with Crippen molar-refractivity contribution in [3.05, 3.63) is 47.5 Å². The van der Waals surface area contributed by atoms with Crippen LogP contribution in [0.25, 0.3) is 0 Å². The first-order valence-electron chi connectivity index (χ1n) is 6.14. The SMILES string of the molecule is Cn1cc(COc2cc(C#CCCCl)ccc2F)cn1. The highest BCUT2D eigenvalue weighted by Crippen LogP contribution is 2.19. The lowest BCUT2D eigenvalue weighted by atomic mass is 10.2. The molecule has 0 aliphatic rings. The Hall–Kier alpha value is -1.99. The first kappa shape index (κ1) is 14.4. The molecule has 0 aliphatic carbocycles. The summed E-state index contributed by atoms with van der Waals surface area (Å²) < 4.78 is 20.8. The van der Waals surface area contributed by atoms with Crippen LogP contribution in [0.15, 0.2) is 30.6 Å². The number of nitrogens with zero attached hydrogens (tertiary/aromatic N) is 2. The van der Waals surface area contributed by atoms with Crippen molar-refractivity contribution in [2.24, 2.45) is 7.05 Å². The molecule has 0 saturated heterocycles. The van der Waals surface area contributed by atoms with Crippen molar-refractivity contribution in [1.29, 1.82) is 0 Å². The zero-order valence-corrected chi connectivity index (χ0v) is 11.8. The van der Waals surface area contributed by atoms with Gasteiger partial charge in [0, 0.05) is 36.7 Å². The standard InChI is InChI=1S/C15H14ClFN2O/c1-19-10-13(9-18-19)11-20-15-8-12(4-2-3-7-16)5-6-14(15)17/h5-6,8-10H,3,7,11H2,1H3. The molecule has 20 heavy (non-hydrogen) atoms. The van der Waals surface area contributed by atoms with E-state index in [0.717, 1.165) is 5.56 Å². The molecule has 0 aliphatic heterocycles. The minimum Gasteiger partial charge on any atom is -0.486 e. The van der Waals surface area contributed by atoms with E-state index in [1.54, 1.807) is 23.0 Å². The molecule has 0 atom stereocenters. The molecular weight excluding hydrogens is 279 g/mol. The summed E-state index contributed by atoms with van der Waals surface area (Å²) in [6.07, 6.45) is 4.11. The fraction of sp³-hybridized carbons (Fsp3) is 0.267. The van der Waals surface area contributed by atoms with Gasteiger partial charge in [-0.1, -0.05) is 11.8 Å². The van der Waals surface area contributed by atoms with Gasteiger partial charge in [0.05, 0.1) is 6.20 Å². The average Bonchev–Trinajstić information content (AvgIpc) is 2.85. The molecule has 2 rings (SSSR count). The van der Waals surface area contributed by atoms with Crippen molar-refractivity contribution >= 4 is 11.6 Å². The molecule has 3 nitrogen and oxygen atoms in total. The summed E-state index contributed by atoms with van der Waals surface area (Å²) in [5.41, 5.74) is 1.59. The van der Waals surface area contributed by atoms with Crippen molar-refractivity contribution in [1.82, 2.24) is 9.78 Å². The van der Waals surface area contributed by atoms with E-state index in [0.29, 0.717) is 17.9 Å². The van der Waals surface area contributed by atoms with E-state index in [2.05, 4.69) is 16.9 Å². The Labute approximate surface area is 122 Å². The zero-order valence-electron chi connectivity index (χ0n) is 11.1. The van der Waals surface area contributed by atoms with Crippen molar-refractivity contribution in [2.45, 2.75) is 13.0 Å². The number of ether oxygens (including phenoxy) is 1. The van der Waals surface area contributed by atoms with Gasteiger partial charge in [-0.05, 0) is 18.2 Å². The quantitative estimate of drug-likeness (QED) is 0.639. The topological polar surface area (TPSA) is 27.1 Å². The molecule has 5 heteroatoms. The molecule has 0 unspecified atom stereocenters. The van der Waals surface area contributed by atoms with Crippen LogP contribution < -0.4 is 4.74 Å². The van der Waals surface area contributed by atoms with E-state index in [9.17, 15) is 4.39 Å².